The predicted molar refractivity (Wildman–Crippen MR) is 69.2 cm³/mol. The number of hydrogen-bond donors (Lipinski definition) is 1. The molecule has 1 aromatic carbocycles. The molecule has 2 aromatic rings. The smallest absolute Gasteiger partial charge is 0.416 e. The van der Waals surface area contributed by atoms with Crippen LogP contribution < -0.4 is 4.74 Å². The number of hydrogen-bond acceptors (Lipinski definition) is 3. The van der Waals surface area contributed by atoms with E-state index in [4.69, 9.17) is 9.84 Å². The van der Waals surface area contributed by atoms with Crippen molar-refractivity contribution < 1.29 is 27.8 Å². The van der Waals surface area contributed by atoms with E-state index in [0.29, 0.717) is 11.2 Å². The van der Waals surface area contributed by atoms with Crippen LogP contribution in [0.15, 0.2) is 24.3 Å². The van der Waals surface area contributed by atoms with Gasteiger partial charge in [-0.2, -0.15) is 13.2 Å². The molecule has 0 amide bonds. The van der Waals surface area contributed by atoms with Crippen molar-refractivity contribution in [1.82, 2.24) is 4.98 Å². The van der Waals surface area contributed by atoms with Crippen LogP contribution in [-0.2, 0) is 11.0 Å². The number of nitrogens with zero attached hydrogens (tertiary/aromatic N) is 1. The molecular formula is C14H12F3NO3. The third-order valence-corrected chi connectivity index (χ3v) is 2.88. The maximum Gasteiger partial charge on any atom is 0.416 e. The third-order valence-electron chi connectivity index (χ3n) is 2.88. The summed E-state index contributed by atoms with van der Waals surface area (Å²) < 4.78 is 43.5. The van der Waals surface area contributed by atoms with Crippen LogP contribution in [0.4, 0.5) is 13.2 Å². The fourth-order valence-electron chi connectivity index (χ4n) is 1.84. The van der Waals surface area contributed by atoms with E-state index in [9.17, 15) is 18.0 Å². The molecule has 0 radical (unpaired) electrons. The molecule has 0 bridgehead atoms. The lowest BCUT2D eigenvalue weighted by atomic mass is 10.1. The highest BCUT2D eigenvalue weighted by molar-refractivity contribution is 5.86. The topological polar surface area (TPSA) is 59.4 Å². The SMILES string of the molecule is Cc1cc(OC(C)C(=O)O)c2cc(C(F)(F)F)ccc2n1. The first-order valence-electron chi connectivity index (χ1n) is 6.06. The summed E-state index contributed by atoms with van der Waals surface area (Å²) in [5.74, 6) is -1.14. The Bertz CT molecular complexity index is 698. The number of ether oxygens (including phenoxy) is 1. The number of fused-ring (bicyclic) bond motifs is 1. The van der Waals surface area contributed by atoms with Crippen molar-refractivity contribution >= 4 is 16.9 Å². The minimum Gasteiger partial charge on any atom is -0.479 e. The molecule has 21 heavy (non-hydrogen) atoms. The van der Waals surface area contributed by atoms with Gasteiger partial charge in [0.15, 0.2) is 6.10 Å². The maximum atomic E-state index is 12.8. The standard InChI is InChI=1S/C14H12F3NO3/c1-7-5-12(21-8(2)13(19)20)10-6-9(14(15,16)17)3-4-11(10)18-7/h3-6,8H,1-2H3,(H,19,20). The average molecular weight is 299 g/mol. The average Bonchev–Trinajstić information content (AvgIpc) is 2.36. The number of aliphatic carboxylic acids is 1. The van der Waals surface area contributed by atoms with Gasteiger partial charge in [0.25, 0.3) is 0 Å². The molecule has 0 aliphatic rings. The molecule has 1 unspecified atom stereocenters. The molecular weight excluding hydrogens is 287 g/mol. The Morgan fingerprint density at radius 3 is 2.57 bits per heavy atom. The molecule has 0 aliphatic carbocycles. The third kappa shape index (κ3) is 3.24. The molecule has 0 spiro atoms. The van der Waals surface area contributed by atoms with Crippen LogP contribution in [0.25, 0.3) is 10.9 Å². The van der Waals surface area contributed by atoms with Gasteiger partial charge in [-0.25, -0.2) is 4.79 Å². The minimum atomic E-state index is -4.49. The Morgan fingerprint density at radius 1 is 1.33 bits per heavy atom. The van der Waals surface area contributed by atoms with Crippen molar-refractivity contribution in [3.63, 3.8) is 0 Å². The number of benzene rings is 1. The Labute approximate surface area is 118 Å². The van der Waals surface area contributed by atoms with Crippen LogP contribution in [0.1, 0.15) is 18.2 Å². The van der Waals surface area contributed by atoms with Crippen molar-refractivity contribution in [2.24, 2.45) is 0 Å². The summed E-state index contributed by atoms with van der Waals surface area (Å²) in [6, 6.07) is 4.50. The van der Waals surface area contributed by atoms with Crippen molar-refractivity contribution in [2.45, 2.75) is 26.1 Å². The molecule has 0 saturated carbocycles. The molecule has 1 aromatic heterocycles. The molecule has 2 rings (SSSR count). The van der Waals surface area contributed by atoms with E-state index in [1.807, 2.05) is 0 Å². The van der Waals surface area contributed by atoms with Crippen molar-refractivity contribution in [3.05, 3.63) is 35.5 Å². The lowest BCUT2D eigenvalue weighted by Gasteiger charge is -2.14. The Hall–Kier alpha value is -2.31. The van der Waals surface area contributed by atoms with Crippen LogP contribution in [0, 0.1) is 6.92 Å². The summed E-state index contributed by atoms with van der Waals surface area (Å²) in [5.41, 5.74) is -0.00100. The molecule has 1 heterocycles. The molecule has 0 aliphatic heterocycles. The van der Waals surface area contributed by atoms with Crippen LogP contribution in [0.2, 0.25) is 0 Å². The van der Waals surface area contributed by atoms with Crippen molar-refractivity contribution in [1.29, 1.82) is 0 Å². The van der Waals surface area contributed by atoms with Gasteiger partial charge in [-0.05, 0) is 32.0 Å². The monoisotopic (exact) mass is 299 g/mol. The summed E-state index contributed by atoms with van der Waals surface area (Å²) >= 11 is 0. The Kier molecular flexibility index (Phi) is 3.76. The van der Waals surface area contributed by atoms with E-state index in [2.05, 4.69) is 4.98 Å². The summed E-state index contributed by atoms with van der Waals surface area (Å²) in [5, 5.41) is 8.98. The van der Waals surface area contributed by atoms with E-state index in [1.165, 1.54) is 19.1 Å². The lowest BCUT2D eigenvalue weighted by molar-refractivity contribution is -0.144. The second kappa shape index (κ2) is 5.23. The molecule has 112 valence electrons. The molecule has 0 saturated heterocycles. The zero-order chi connectivity index (χ0) is 15.8. The number of aromatic nitrogens is 1. The zero-order valence-electron chi connectivity index (χ0n) is 11.2. The molecule has 7 heteroatoms. The molecule has 1 N–H and O–H groups in total. The number of pyridine rings is 1. The first-order chi connectivity index (χ1) is 9.68. The molecule has 1 atom stereocenters. The quantitative estimate of drug-likeness (QED) is 0.943. The van der Waals surface area contributed by atoms with Crippen LogP contribution in [0.3, 0.4) is 0 Å². The van der Waals surface area contributed by atoms with Gasteiger partial charge in [-0.1, -0.05) is 0 Å². The van der Waals surface area contributed by atoms with E-state index in [0.717, 1.165) is 12.1 Å². The highest BCUT2D eigenvalue weighted by atomic mass is 19.4. The van der Waals surface area contributed by atoms with E-state index >= 15 is 0 Å². The van der Waals surface area contributed by atoms with Gasteiger partial charge < -0.3 is 9.84 Å². The number of carboxylic acid groups (broad SMARTS) is 1. The van der Waals surface area contributed by atoms with Crippen LogP contribution in [-0.4, -0.2) is 22.2 Å². The van der Waals surface area contributed by atoms with Gasteiger partial charge in [-0.15, -0.1) is 0 Å². The van der Waals surface area contributed by atoms with Gasteiger partial charge in [0.2, 0.25) is 0 Å². The van der Waals surface area contributed by atoms with Crippen LogP contribution in [0.5, 0.6) is 5.75 Å². The largest absolute Gasteiger partial charge is 0.479 e. The number of halogens is 3. The van der Waals surface area contributed by atoms with E-state index in [1.54, 1.807) is 6.92 Å². The van der Waals surface area contributed by atoms with Gasteiger partial charge in [-0.3, -0.25) is 4.98 Å². The predicted octanol–water partition coefficient (Wildman–Crippen LogP) is 3.41. The normalized spacial score (nSPS) is 13.2. The summed E-state index contributed by atoms with van der Waals surface area (Å²) in [4.78, 5) is 14.9. The highest BCUT2D eigenvalue weighted by Gasteiger charge is 2.31. The zero-order valence-corrected chi connectivity index (χ0v) is 11.2. The Morgan fingerprint density at radius 2 is 2.00 bits per heavy atom. The number of aryl methyl sites for hydroxylation is 1. The van der Waals surface area contributed by atoms with Gasteiger partial charge in [0.05, 0.1) is 11.1 Å². The fraction of sp³-hybridized carbons (Fsp3) is 0.286. The number of rotatable bonds is 3. The lowest BCUT2D eigenvalue weighted by Crippen LogP contribution is -2.23. The van der Waals surface area contributed by atoms with Crippen LogP contribution >= 0.6 is 0 Å². The van der Waals surface area contributed by atoms with Crippen molar-refractivity contribution in [3.8, 4) is 5.75 Å². The summed E-state index contributed by atoms with van der Waals surface area (Å²) in [7, 11) is 0. The fourth-order valence-corrected chi connectivity index (χ4v) is 1.84. The van der Waals surface area contributed by atoms with Crippen molar-refractivity contribution in [2.75, 3.05) is 0 Å². The number of alkyl halides is 3. The second-order valence-electron chi connectivity index (χ2n) is 4.59. The van der Waals surface area contributed by atoms with E-state index in [-0.39, 0.29) is 11.1 Å². The second-order valence-corrected chi connectivity index (χ2v) is 4.59. The summed E-state index contributed by atoms with van der Waals surface area (Å²) in [6.07, 6.45) is -5.67. The number of carboxylic acids is 1. The first-order valence-corrected chi connectivity index (χ1v) is 6.06. The number of carbonyl (C=O) groups is 1. The molecule has 0 fully saturated rings. The first kappa shape index (κ1) is 15.1. The minimum absolute atomic E-state index is 0.0681. The Balaban J connectivity index is 2.59. The summed E-state index contributed by atoms with van der Waals surface area (Å²) in [6.45, 7) is 2.95. The maximum absolute atomic E-state index is 12.8. The van der Waals surface area contributed by atoms with Gasteiger partial charge in [0.1, 0.15) is 5.75 Å². The van der Waals surface area contributed by atoms with Gasteiger partial charge in [0, 0.05) is 17.1 Å². The highest BCUT2D eigenvalue weighted by Crippen LogP contribution is 2.34. The van der Waals surface area contributed by atoms with Gasteiger partial charge >= 0.3 is 12.1 Å². The van der Waals surface area contributed by atoms with E-state index < -0.39 is 23.8 Å². The molecule has 4 nitrogen and oxygen atoms in total.